The number of benzene rings is 2. The molecule has 0 radical (unpaired) electrons. The highest BCUT2D eigenvalue weighted by Crippen LogP contribution is 2.26. The van der Waals surface area contributed by atoms with Crippen molar-refractivity contribution < 1.29 is 19.5 Å². The minimum Gasteiger partial charge on any atom is -0.481 e. The number of rotatable bonds is 10. The molecule has 1 unspecified atom stereocenters. The highest BCUT2D eigenvalue weighted by atomic mass is 16.4. The van der Waals surface area contributed by atoms with E-state index in [9.17, 15) is 19.5 Å². The SMILES string of the molecule is Nc1cc(CCCNC(=O)c2ccc3c(c2)NC(CC(=O)O)C(=O)N(CCc2ccccc2)C3)ccn1. The lowest BCUT2D eigenvalue weighted by molar-refractivity contribution is -0.141. The molecule has 1 atom stereocenters. The fraction of sp³-hybridized carbons (Fsp3) is 0.286. The Morgan fingerprint density at radius 2 is 1.89 bits per heavy atom. The highest BCUT2D eigenvalue weighted by Gasteiger charge is 2.31. The lowest BCUT2D eigenvalue weighted by Crippen LogP contribution is -2.42. The largest absolute Gasteiger partial charge is 0.481 e. The Hall–Kier alpha value is -4.40. The van der Waals surface area contributed by atoms with Crippen molar-refractivity contribution in [3.63, 3.8) is 0 Å². The third-order valence-corrected chi connectivity index (χ3v) is 6.34. The summed E-state index contributed by atoms with van der Waals surface area (Å²) in [4.78, 5) is 43.1. The van der Waals surface area contributed by atoms with Crippen LogP contribution in [0.1, 0.15) is 39.9 Å². The van der Waals surface area contributed by atoms with Gasteiger partial charge in [0.1, 0.15) is 11.9 Å². The average Bonchev–Trinajstić information content (AvgIpc) is 3.01. The summed E-state index contributed by atoms with van der Waals surface area (Å²) in [7, 11) is 0. The molecule has 9 heteroatoms. The zero-order chi connectivity index (χ0) is 26.2. The number of nitrogen functional groups attached to an aromatic ring is 1. The molecule has 4 rings (SSSR count). The van der Waals surface area contributed by atoms with Gasteiger partial charge in [0.25, 0.3) is 5.91 Å². The zero-order valence-electron chi connectivity index (χ0n) is 20.5. The summed E-state index contributed by atoms with van der Waals surface area (Å²) in [5.41, 5.74) is 9.74. The van der Waals surface area contributed by atoms with Crippen molar-refractivity contribution in [2.75, 3.05) is 24.1 Å². The minimum absolute atomic E-state index is 0.231. The lowest BCUT2D eigenvalue weighted by Gasteiger charge is -2.24. The van der Waals surface area contributed by atoms with E-state index in [1.54, 1.807) is 23.2 Å². The molecule has 2 amide bonds. The van der Waals surface area contributed by atoms with Crippen LogP contribution in [0.25, 0.3) is 0 Å². The number of hydrogen-bond acceptors (Lipinski definition) is 6. The van der Waals surface area contributed by atoms with E-state index in [4.69, 9.17) is 5.73 Å². The van der Waals surface area contributed by atoms with Crippen molar-refractivity contribution >= 4 is 29.3 Å². The van der Waals surface area contributed by atoms with Crippen LogP contribution in [0.5, 0.6) is 0 Å². The first-order chi connectivity index (χ1) is 17.9. The smallest absolute Gasteiger partial charge is 0.305 e. The molecule has 1 aromatic heterocycles. The summed E-state index contributed by atoms with van der Waals surface area (Å²) in [6, 6.07) is 17.9. The van der Waals surface area contributed by atoms with Crippen LogP contribution in [0.2, 0.25) is 0 Å². The van der Waals surface area contributed by atoms with Gasteiger partial charge in [-0.15, -0.1) is 0 Å². The standard InChI is InChI=1S/C28H31N5O4/c29-25-15-20(10-13-30-25)7-4-12-31-27(36)21-8-9-22-18-33(14-11-19-5-2-1-3-6-19)28(37)24(17-26(34)35)32-23(22)16-21/h1-3,5-6,8-10,13,15-16,24,32H,4,7,11-12,14,17-18H2,(H2,29,30)(H,31,36)(H,34,35). The summed E-state index contributed by atoms with van der Waals surface area (Å²) in [5, 5.41) is 15.4. The molecule has 3 aromatic rings. The summed E-state index contributed by atoms with van der Waals surface area (Å²) < 4.78 is 0. The van der Waals surface area contributed by atoms with Gasteiger partial charge in [-0.1, -0.05) is 36.4 Å². The summed E-state index contributed by atoms with van der Waals surface area (Å²) in [5.74, 6) is -1.10. The maximum atomic E-state index is 13.2. The van der Waals surface area contributed by atoms with Crippen LogP contribution in [0.15, 0.2) is 66.9 Å². The van der Waals surface area contributed by atoms with Gasteiger partial charge in [-0.3, -0.25) is 14.4 Å². The van der Waals surface area contributed by atoms with Gasteiger partial charge >= 0.3 is 5.97 Å². The number of nitrogens with two attached hydrogens (primary N) is 1. The molecule has 37 heavy (non-hydrogen) atoms. The molecule has 0 bridgehead atoms. The number of hydrogen-bond donors (Lipinski definition) is 4. The number of carboxylic acid groups (broad SMARTS) is 1. The van der Waals surface area contributed by atoms with Crippen molar-refractivity contribution in [1.29, 1.82) is 0 Å². The van der Waals surface area contributed by atoms with Crippen molar-refractivity contribution in [1.82, 2.24) is 15.2 Å². The van der Waals surface area contributed by atoms with Crippen LogP contribution in [-0.2, 0) is 29.0 Å². The lowest BCUT2D eigenvalue weighted by atomic mass is 10.1. The minimum atomic E-state index is -1.07. The molecule has 192 valence electrons. The Kier molecular flexibility index (Phi) is 8.35. The molecule has 1 aliphatic rings. The van der Waals surface area contributed by atoms with Gasteiger partial charge in [0, 0.05) is 37.1 Å². The van der Waals surface area contributed by atoms with Gasteiger partial charge in [0.2, 0.25) is 5.91 Å². The van der Waals surface area contributed by atoms with Crippen LogP contribution in [-0.4, -0.2) is 51.9 Å². The van der Waals surface area contributed by atoms with E-state index in [0.717, 1.165) is 29.5 Å². The monoisotopic (exact) mass is 501 g/mol. The van der Waals surface area contributed by atoms with Crippen LogP contribution >= 0.6 is 0 Å². The van der Waals surface area contributed by atoms with E-state index in [1.165, 1.54) is 0 Å². The summed E-state index contributed by atoms with van der Waals surface area (Å²) in [6.07, 6.45) is 3.47. The van der Waals surface area contributed by atoms with Gasteiger partial charge in [0.05, 0.1) is 6.42 Å². The predicted molar refractivity (Wildman–Crippen MR) is 141 cm³/mol. The molecule has 0 aliphatic carbocycles. The number of pyridine rings is 1. The number of aromatic nitrogens is 1. The Bertz CT molecular complexity index is 1260. The highest BCUT2D eigenvalue weighted by molar-refractivity contribution is 5.96. The van der Waals surface area contributed by atoms with Crippen molar-refractivity contribution in [3.05, 3.63) is 89.1 Å². The maximum absolute atomic E-state index is 13.2. The number of carbonyl (C=O) groups excluding carboxylic acids is 2. The number of aryl methyl sites for hydroxylation is 1. The number of carbonyl (C=O) groups is 3. The van der Waals surface area contributed by atoms with E-state index in [0.29, 0.717) is 43.1 Å². The van der Waals surface area contributed by atoms with Gasteiger partial charge in [-0.25, -0.2) is 4.98 Å². The summed E-state index contributed by atoms with van der Waals surface area (Å²) >= 11 is 0. The Morgan fingerprint density at radius 3 is 2.65 bits per heavy atom. The molecule has 9 nitrogen and oxygen atoms in total. The Labute approximate surface area is 215 Å². The van der Waals surface area contributed by atoms with Gasteiger partial charge < -0.3 is 26.4 Å². The third-order valence-electron chi connectivity index (χ3n) is 6.34. The molecule has 2 aromatic carbocycles. The topological polar surface area (TPSA) is 138 Å². The predicted octanol–water partition coefficient (Wildman–Crippen LogP) is 2.87. The van der Waals surface area contributed by atoms with E-state index < -0.39 is 12.0 Å². The fourth-order valence-corrected chi connectivity index (χ4v) is 4.40. The number of nitrogens with one attached hydrogen (secondary N) is 2. The second-order valence-electron chi connectivity index (χ2n) is 9.11. The third kappa shape index (κ3) is 7.07. The van der Waals surface area contributed by atoms with E-state index in [-0.39, 0.29) is 18.2 Å². The number of fused-ring (bicyclic) bond motifs is 1. The normalized spacial score (nSPS) is 14.9. The molecule has 0 spiro atoms. The fourth-order valence-electron chi connectivity index (χ4n) is 4.40. The Balaban J connectivity index is 1.42. The van der Waals surface area contributed by atoms with Gasteiger partial charge in [0.15, 0.2) is 0 Å². The van der Waals surface area contributed by atoms with E-state index in [2.05, 4.69) is 15.6 Å². The van der Waals surface area contributed by atoms with Crippen LogP contribution in [0.4, 0.5) is 11.5 Å². The summed E-state index contributed by atoms with van der Waals surface area (Å²) in [6.45, 7) is 1.28. The molecular formula is C28H31N5O4. The van der Waals surface area contributed by atoms with Crippen molar-refractivity contribution in [2.24, 2.45) is 0 Å². The van der Waals surface area contributed by atoms with Crippen molar-refractivity contribution in [2.45, 2.75) is 38.3 Å². The van der Waals surface area contributed by atoms with Gasteiger partial charge in [-0.05, 0) is 60.2 Å². The molecule has 0 fully saturated rings. The van der Waals surface area contributed by atoms with Crippen LogP contribution in [0, 0.1) is 0 Å². The molecule has 5 N–H and O–H groups in total. The number of anilines is 2. The number of amides is 2. The number of carboxylic acids is 1. The molecule has 0 saturated heterocycles. The van der Waals surface area contributed by atoms with Gasteiger partial charge in [-0.2, -0.15) is 0 Å². The second-order valence-corrected chi connectivity index (χ2v) is 9.11. The second kappa shape index (κ2) is 12.0. The first kappa shape index (κ1) is 25.7. The average molecular weight is 502 g/mol. The first-order valence-electron chi connectivity index (χ1n) is 12.3. The molecular weight excluding hydrogens is 470 g/mol. The molecule has 0 saturated carbocycles. The quantitative estimate of drug-likeness (QED) is 0.314. The Morgan fingerprint density at radius 1 is 1.08 bits per heavy atom. The number of aliphatic carboxylic acids is 1. The zero-order valence-corrected chi connectivity index (χ0v) is 20.5. The van der Waals surface area contributed by atoms with Crippen LogP contribution in [0.3, 0.4) is 0 Å². The molecule has 2 heterocycles. The maximum Gasteiger partial charge on any atom is 0.305 e. The van der Waals surface area contributed by atoms with E-state index >= 15 is 0 Å². The van der Waals surface area contributed by atoms with Crippen molar-refractivity contribution in [3.8, 4) is 0 Å². The molecule has 1 aliphatic heterocycles. The number of nitrogens with zero attached hydrogens (tertiary/aromatic N) is 2. The van der Waals surface area contributed by atoms with Crippen LogP contribution < -0.4 is 16.4 Å². The first-order valence-corrected chi connectivity index (χ1v) is 12.3. The van der Waals surface area contributed by atoms with E-state index in [1.807, 2.05) is 48.5 Å².